The Labute approximate surface area is 121 Å². The summed E-state index contributed by atoms with van der Waals surface area (Å²) in [7, 11) is 0. The van der Waals surface area contributed by atoms with Gasteiger partial charge in [-0.2, -0.15) is 10.5 Å². The fourth-order valence-corrected chi connectivity index (χ4v) is 1.72. The first-order chi connectivity index (χ1) is 10.3. The summed E-state index contributed by atoms with van der Waals surface area (Å²) in [6.07, 6.45) is 4.81. The summed E-state index contributed by atoms with van der Waals surface area (Å²) in [6.45, 7) is 0. The SMILES string of the molecule is N#CC(C#N)=CNNC(=O)c1ccccc1-n1cccc1. The van der Waals surface area contributed by atoms with E-state index in [1.54, 1.807) is 24.3 Å². The molecule has 0 bridgehead atoms. The minimum atomic E-state index is -0.370. The molecule has 102 valence electrons. The molecule has 21 heavy (non-hydrogen) atoms. The number of carbonyl (C=O) groups excluding carboxylic acids is 1. The van der Waals surface area contributed by atoms with Gasteiger partial charge in [0.25, 0.3) is 5.91 Å². The van der Waals surface area contributed by atoms with Crippen molar-refractivity contribution in [3.05, 3.63) is 66.1 Å². The Balaban J connectivity index is 2.16. The van der Waals surface area contributed by atoms with Gasteiger partial charge in [-0.25, -0.2) is 0 Å². The van der Waals surface area contributed by atoms with Gasteiger partial charge in [0.05, 0.1) is 11.3 Å². The summed E-state index contributed by atoms with van der Waals surface area (Å²) in [4.78, 5) is 12.1. The van der Waals surface area contributed by atoms with Gasteiger partial charge in [-0.05, 0) is 24.3 Å². The highest BCUT2D eigenvalue weighted by atomic mass is 16.2. The maximum absolute atomic E-state index is 12.1. The zero-order valence-corrected chi connectivity index (χ0v) is 10.9. The average Bonchev–Trinajstić information content (AvgIpc) is 3.05. The maximum Gasteiger partial charge on any atom is 0.271 e. The van der Waals surface area contributed by atoms with Crippen LogP contribution in [0.15, 0.2) is 60.6 Å². The lowest BCUT2D eigenvalue weighted by atomic mass is 10.1. The van der Waals surface area contributed by atoms with E-state index in [2.05, 4.69) is 10.9 Å². The van der Waals surface area contributed by atoms with Crippen molar-refractivity contribution in [3.63, 3.8) is 0 Å². The molecule has 2 rings (SSSR count). The molecule has 6 nitrogen and oxygen atoms in total. The first-order valence-corrected chi connectivity index (χ1v) is 6.05. The summed E-state index contributed by atoms with van der Waals surface area (Å²) < 4.78 is 1.82. The number of nitrogens with zero attached hydrogens (tertiary/aromatic N) is 3. The van der Waals surface area contributed by atoms with E-state index in [1.165, 1.54) is 0 Å². The number of amides is 1. The van der Waals surface area contributed by atoms with Crippen LogP contribution in [0.2, 0.25) is 0 Å². The molecule has 0 aliphatic rings. The van der Waals surface area contributed by atoms with Crippen molar-refractivity contribution in [2.75, 3.05) is 0 Å². The fraction of sp³-hybridized carbons (Fsp3) is 0. The molecule has 0 aliphatic heterocycles. The number of hydrogen-bond donors (Lipinski definition) is 2. The van der Waals surface area contributed by atoms with Gasteiger partial charge in [0.2, 0.25) is 0 Å². The summed E-state index contributed by atoms with van der Waals surface area (Å²) in [6, 6.07) is 14.2. The molecule has 0 unspecified atom stereocenters. The van der Waals surface area contributed by atoms with Crippen LogP contribution in [0.4, 0.5) is 0 Å². The van der Waals surface area contributed by atoms with Gasteiger partial charge >= 0.3 is 0 Å². The largest absolute Gasteiger partial charge is 0.323 e. The molecule has 0 radical (unpaired) electrons. The third-order valence-electron chi connectivity index (χ3n) is 2.67. The molecular weight excluding hydrogens is 266 g/mol. The number of benzene rings is 1. The molecule has 6 heteroatoms. The zero-order valence-electron chi connectivity index (χ0n) is 10.9. The smallest absolute Gasteiger partial charge is 0.271 e. The molecule has 0 aliphatic carbocycles. The Morgan fingerprint density at radius 2 is 1.76 bits per heavy atom. The predicted molar refractivity (Wildman–Crippen MR) is 75.7 cm³/mol. The minimum absolute atomic E-state index is 0.131. The van der Waals surface area contributed by atoms with Crippen LogP contribution in [0.3, 0.4) is 0 Å². The summed E-state index contributed by atoms with van der Waals surface area (Å²) in [5, 5.41) is 17.2. The van der Waals surface area contributed by atoms with Crippen LogP contribution in [0.1, 0.15) is 10.4 Å². The van der Waals surface area contributed by atoms with E-state index >= 15 is 0 Å². The van der Waals surface area contributed by atoms with Crippen molar-refractivity contribution >= 4 is 5.91 Å². The Morgan fingerprint density at radius 3 is 2.43 bits per heavy atom. The lowest BCUT2D eigenvalue weighted by Crippen LogP contribution is -2.34. The molecule has 0 spiro atoms. The van der Waals surface area contributed by atoms with Crippen molar-refractivity contribution in [1.82, 2.24) is 15.4 Å². The van der Waals surface area contributed by atoms with Crippen LogP contribution in [0.5, 0.6) is 0 Å². The fourth-order valence-electron chi connectivity index (χ4n) is 1.72. The predicted octanol–water partition coefficient (Wildman–Crippen LogP) is 1.64. The van der Waals surface area contributed by atoms with Crippen molar-refractivity contribution in [2.24, 2.45) is 0 Å². The number of rotatable bonds is 4. The summed E-state index contributed by atoms with van der Waals surface area (Å²) in [5.74, 6) is -0.370. The Bertz CT molecular complexity index is 731. The van der Waals surface area contributed by atoms with E-state index in [1.807, 2.05) is 41.2 Å². The lowest BCUT2D eigenvalue weighted by molar-refractivity contribution is 0.0941. The zero-order chi connectivity index (χ0) is 15.1. The maximum atomic E-state index is 12.1. The van der Waals surface area contributed by atoms with E-state index < -0.39 is 0 Å². The second-order valence-corrected chi connectivity index (χ2v) is 3.99. The van der Waals surface area contributed by atoms with Crippen LogP contribution in [0.25, 0.3) is 5.69 Å². The Hall–Kier alpha value is -3.51. The van der Waals surface area contributed by atoms with Gasteiger partial charge in [0.15, 0.2) is 0 Å². The topological polar surface area (TPSA) is 93.6 Å². The normalized spacial score (nSPS) is 9.05. The third-order valence-corrected chi connectivity index (χ3v) is 2.67. The molecule has 0 saturated carbocycles. The van der Waals surface area contributed by atoms with E-state index in [0.29, 0.717) is 5.56 Å². The van der Waals surface area contributed by atoms with Crippen molar-refractivity contribution in [3.8, 4) is 17.8 Å². The number of aromatic nitrogens is 1. The minimum Gasteiger partial charge on any atom is -0.323 e. The lowest BCUT2D eigenvalue weighted by Gasteiger charge is -2.10. The van der Waals surface area contributed by atoms with Gasteiger partial charge in [-0.15, -0.1) is 0 Å². The molecule has 0 fully saturated rings. The third kappa shape index (κ3) is 3.28. The van der Waals surface area contributed by atoms with Gasteiger partial charge < -0.3 is 9.99 Å². The second kappa shape index (κ2) is 6.60. The number of nitrogens with one attached hydrogen (secondary N) is 2. The van der Waals surface area contributed by atoms with Crippen LogP contribution < -0.4 is 10.9 Å². The standard InChI is InChI=1S/C15H11N5O/c16-9-12(10-17)11-18-19-15(21)13-5-1-2-6-14(13)20-7-3-4-8-20/h1-8,11,18H,(H,19,21). The second-order valence-electron chi connectivity index (χ2n) is 3.99. The van der Waals surface area contributed by atoms with Gasteiger partial charge in [-0.3, -0.25) is 10.2 Å². The molecule has 1 heterocycles. The Kier molecular flexibility index (Phi) is 4.37. The van der Waals surface area contributed by atoms with E-state index in [4.69, 9.17) is 10.5 Å². The van der Waals surface area contributed by atoms with Crippen LogP contribution in [-0.2, 0) is 0 Å². The van der Waals surface area contributed by atoms with Crippen LogP contribution in [0, 0.1) is 22.7 Å². The van der Waals surface area contributed by atoms with Crippen molar-refractivity contribution in [1.29, 1.82) is 10.5 Å². The number of hydrazine groups is 1. The highest BCUT2D eigenvalue weighted by Gasteiger charge is 2.10. The van der Waals surface area contributed by atoms with Gasteiger partial charge in [-0.1, -0.05) is 12.1 Å². The highest BCUT2D eigenvalue weighted by molar-refractivity contribution is 5.97. The quantitative estimate of drug-likeness (QED) is 0.656. The molecule has 1 aromatic carbocycles. The first-order valence-electron chi connectivity index (χ1n) is 6.05. The number of allylic oxidation sites excluding steroid dienone is 1. The molecular formula is C15H11N5O. The van der Waals surface area contributed by atoms with Crippen LogP contribution in [-0.4, -0.2) is 10.5 Å². The molecule has 0 atom stereocenters. The van der Waals surface area contributed by atoms with E-state index in [9.17, 15) is 4.79 Å². The average molecular weight is 277 g/mol. The van der Waals surface area contributed by atoms with Crippen LogP contribution >= 0.6 is 0 Å². The van der Waals surface area contributed by atoms with E-state index in [-0.39, 0.29) is 11.5 Å². The number of carbonyl (C=O) groups is 1. The molecule has 1 aromatic heterocycles. The highest BCUT2D eigenvalue weighted by Crippen LogP contribution is 2.14. The molecule has 2 N–H and O–H groups in total. The summed E-state index contributed by atoms with van der Waals surface area (Å²) in [5.41, 5.74) is 5.92. The number of nitriles is 2. The van der Waals surface area contributed by atoms with Gasteiger partial charge in [0.1, 0.15) is 17.7 Å². The van der Waals surface area contributed by atoms with E-state index in [0.717, 1.165) is 11.9 Å². The number of hydrogen-bond acceptors (Lipinski definition) is 4. The molecule has 1 amide bonds. The summed E-state index contributed by atoms with van der Waals surface area (Å²) >= 11 is 0. The Morgan fingerprint density at radius 1 is 1.10 bits per heavy atom. The first kappa shape index (κ1) is 13.9. The number of para-hydroxylation sites is 1. The monoisotopic (exact) mass is 277 g/mol. The van der Waals surface area contributed by atoms with Crippen molar-refractivity contribution < 1.29 is 4.79 Å². The van der Waals surface area contributed by atoms with Gasteiger partial charge in [0, 0.05) is 18.6 Å². The molecule has 0 saturated heterocycles. The van der Waals surface area contributed by atoms with Crippen molar-refractivity contribution in [2.45, 2.75) is 0 Å². The molecule has 2 aromatic rings.